The lowest BCUT2D eigenvalue weighted by Gasteiger charge is -2.20. The highest BCUT2D eigenvalue weighted by Gasteiger charge is 2.34. The molecule has 1 aromatic carbocycles. The monoisotopic (exact) mass is 251 g/mol. The van der Waals surface area contributed by atoms with E-state index in [-0.39, 0.29) is 12.1 Å². The summed E-state index contributed by atoms with van der Waals surface area (Å²) < 4.78 is 12.8. The molecule has 1 aliphatic heterocycles. The molecule has 0 radical (unpaired) electrons. The van der Waals surface area contributed by atoms with Crippen molar-refractivity contribution in [2.24, 2.45) is 10.8 Å². The quantitative estimate of drug-likeness (QED) is 0.809. The minimum absolute atomic E-state index is 0.0674. The first-order chi connectivity index (χ1) is 8.49. The molecule has 0 saturated heterocycles. The van der Waals surface area contributed by atoms with Crippen LogP contribution in [0.1, 0.15) is 6.42 Å². The minimum Gasteiger partial charge on any atom is -0.477 e. The Bertz CT molecular complexity index is 527. The maximum absolute atomic E-state index is 12.8. The zero-order valence-electron chi connectivity index (χ0n) is 9.21. The van der Waals surface area contributed by atoms with Gasteiger partial charge in [-0.2, -0.15) is 5.10 Å². The molecule has 0 saturated carbocycles. The molecular weight excluding hydrogens is 241 g/mol. The first-order valence-corrected chi connectivity index (χ1v) is 5.14. The lowest BCUT2D eigenvalue weighted by atomic mass is 10.1. The molecule has 1 aromatic rings. The highest BCUT2D eigenvalue weighted by Crippen LogP contribution is 2.24. The molecule has 0 aliphatic carbocycles. The largest absolute Gasteiger partial charge is 0.477 e. The van der Waals surface area contributed by atoms with Crippen LogP contribution in [0.25, 0.3) is 0 Å². The first kappa shape index (κ1) is 12.0. The number of carboxylic acid groups (broad SMARTS) is 1. The minimum atomic E-state index is -1.20. The van der Waals surface area contributed by atoms with Gasteiger partial charge in [0.1, 0.15) is 17.6 Å². The Morgan fingerprint density at radius 1 is 1.39 bits per heavy atom. The summed E-state index contributed by atoms with van der Waals surface area (Å²) in [7, 11) is 0. The summed E-state index contributed by atoms with van der Waals surface area (Å²) >= 11 is 0. The Kier molecular flexibility index (Phi) is 2.97. The number of amides is 1. The van der Waals surface area contributed by atoms with Gasteiger partial charge in [0.25, 0.3) is 0 Å². The van der Waals surface area contributed by atoms with E-state index in [0.29, 0.717) is 5.69 Å². The van der Waals surface area contributed by atoms with Gasteiger partial charge < -0.3 is 10.8 Å². The summed E-state index contributed by atoms with van der Waals surface area (Å²) in [6.07, 6.45) is -0.0674. The second-order valence-corrected chi connectivity index (χ2v) is 3.80. The fraction of sp³-hybridized carbons (Fsp3) is 0.182. The van der Waals surface area contributed by atoms with E-state index in [9.17, 15) is 14.0 Å². The number of primary amides is 1. The van der Waals surface area contributed by atoms with Gasteiger partial charge in [0.2, 0.25) is 5.91 Å². The van der Waals surface area contributed by atoms with Gasteiger partial charge in [-0.15, -0.1) is 0 Å². The number of carbonyl (C=O) groups is 2. The fourth-order valence-electron chi connectivity index (χ4n) is 1.69. The summed E-state index contributed by atoms with van der Waals surface area (Å²) in [5, 5.41) is 13.9. The van der Waals surface area contributed by atoms with Gasteiger partial charge in [-0.25, -0.2) is 9.18 Å². The highest BCUT2D eigenvalue weighted by molar-refractivity contribution is 6.37. The number of hydrazone groups is 1. The second kappa shape index (κ2) is 4.44. The summed E-state index contributed by atoms with van der Waals surface area (Å²) in [4.78, 5) is 22.1. The Labute approximate surface area is 101 Å². The molecule has 0 unspecified atom stereocenters. The molecule has 94 valence electrons. The second-order valence-electron chi connectivity index (χ2n) is 3.80. The van der Waals surface area contributed by atoms with Crippen LogP contribution >= 0.6 is 0 Å². The summed E-state index contributed by atoms with van der Waals surface area (Å²) in [5.74, 6) is -2.32. The maximum Gasteiger partial charge on any atom is 0.352 e. The van der Waals surface area contributed by atoms with Crippen molar-refractivity contribution in [2.45, 2.75) is 12.5 Å². The van der Waals surface area contributed by atoms with Gasteiger partial charge in [-0.05, 0) is 24.3 Å². The summed E-state index contributed by atoms with van der Waals surface area (Å²) in [6.45, 7) is 0. The Morgan fingerprint density at radius 2 is 2.00 bits per heavy atom. The molecule has 1 heterocycles. The molecule has 0 spiro atoms. The van der Waals surface area contributed by atoms with Crippen LogP contribution in [0.15, 0.2) is 29.4 Å². The standard InChI is InChI=1S/C11H10FN3O3/c12-6-1-3-7(4-2-6)15-9(10(13)16)5-8(14-15)11(17)18/h1-4,9H,5H2,(H2,13,16)(H,17,18)/t9-/m0/s1. The normalized spacial score (nSPS) is 18.6. The van der Waals surface area contributed by atoms with E-state index in [1.807, 2.05) is 0 Å². The summed E-state index contributed by atoms with van der Waals surface area (Å²) in [5.41, 5.74) is 5.46. The van der Waals surface area contributed by atoms with Gasteiger partial charge in [0, 0.05) is 6.42 Å². The van der Waals surface area contributed by atoms with Crippen LogP contribution < -0.4 is 10.7 Å². The van der Waals surface area contributed by atoms with Gasteiger partial charge >= 0.3 is 5.97 Å². The van der Waals surface area contributed by atoms with Crippen molar-refractivity contribution >= 4 is 23.3 Å². The number of carboxylic acids is 1. The van der Waals surface area contributed by atoms with Crippen molar-refractivity contribution in [3.8, 4) is 0 Å². The number of benzene rings is 1. The van der Waals surface area contributed by atoms with Crippen LogP contribution in [0.3, 0.4) is 0 Å². The van der Waals surface area contributed by atoms with Gasteiger partial charge in [-0.3, -0.25) is 9.80 Å². The highest BCUT2D eigenvalue weighted by atomic mass is 19.1. The maximum atomic E-state index is 12.8. The zero-order valence-corrected chi connectivity index (χ0v) is 9.21. The molecule has 0 bridgehead atoms. The van der Waals surface area contributed by atoms with Gasteiger partial charge in [-0.1, -0.05) is 0 Å². The Balaban J connectivity index is 2.36. The molecule has 0 fully saturated rings. The van der Waals surface area contributed by atoms with Crippen molar-refractivity contribution in [3.05, 3.63) is 30.1 Å². The van der Waals surface area contributed by atoms with Crippen molar-refractivity contribution < 1.29 is 19.1 Å². The average molecular weight is 251 g/mol. The topological polar surface area (TPSA) is 96.0 Å². The third kappa shape index (κ3) is 2.15. The van der Waals surface area contributed by atoms with Gasteiger partial charge in [0.05, 0.1) is 5.69 Å². The predicted octanol–water partition coefficient (Wildman–Crippen LogP) is 0.330. The van der Waals surface area contributed by atoms with E-state index in [0.717, 1.165) is 0 Å². The molecule has 6 nitrogen and oxygen atoms in total. The van der Waals surface area contributed by atoms with E-state index in [1.165, 1.54) is 29.3 Å². The fourth-order valence-corrected chi connectivity index (χ4v) is 1.69. The number of carbonyl (C=O) groups excluding carboxylic acids is 1. The molecular formula is C11H10FN3O3. The molecule has 1 atom stereocenters. The molecule has 7 heteroatoms. The molecule has 3 N–H and O–H groups in total. The summed E-state index contributed by atoms with van der Waals surface area (Å²) in [6, 6.07) is 4.34. The first-order valence-electron chi connectivity index (χ1n) is 5.14. The third-order valence-electron chi connectivity index (χ3n) is 2.58. The lowest BCUT2D eigenvalue weighted by Crippen LogP contribution is -2.39. The number of anilines is 1. The lowest BCUT2D eigenvalue weighted by molar-refractivity contribution is -0.129. The van der Waals surface area contributed by atoms with E-state index < -0.39 is 23.7 Å². The van der Waals surface area contributed by atoms with Crippen LogP contribution in [0, 0.1) is 5.82 Å². The molecule has 18 heavy (non-hydrogen) atoms. The number of hydrogen-bond donors (Lipinski definition) is 2. The number of aliphatic carboxylic acids is 1. The predicted molar refractivity (Wildman–Crippen MR) is 61.5 cm³/mol. The molecule has 1 amide bonds. The number of nitrogens with zero attached hydrogens (tertiary/aromatic N) is 2. The molecule has 1 aliphatic rings. The van der Waals surface area contributed by atoms with Crippen molar-refractivity contribution in [1.82, 2.24) is 0 Å². The number of hydrogen-bond acceptors (Lipinski definition) is 4. The van der Waals surface area contributed by atoms with Crippen LogP contribution in [-0.4, -0.2) is 28.7 Å². The van der Waals surface area contributed by atoms with E-state index in [1.54, 1.807) is 0 Å². The van der Waals surface area contributed by atoms with Gasteiger partial charge in [0.15, 0.2) is 0 Å². The number of rotatable bonds is 3. The van der Waals surface area contributed by atoms with Crippen molar-refractivity contribution in [2.75, 3.05) is 5.01 Å². The average Bonchev–Trinajstić information content (AvgIpc) is 2.75. The van der Waals surface area contributed by atoms with Crippen molar-refractivity contribution in [3.63, 3.8) is 0 Å². The molecule has 0 aromatic heterocycles. The number of halogens is 1. The molecule has 2 rings (SSSR count). The third-order valence-corrected chi connectivity index (χ3v) is 2.58. The van der Waals surface area contributed by atoms with Crippen LogP contribution in [0.4, 0.5) is 10.1 Å². The smallest absolute Gasteiger partial charge is 0.352 e. The van der Waals surface area contributed by atoms with Crippen molar-refractivity contribution in [1.29, 1.82) is 0 Å². The Hall–Kier alpha value is -2.44. The van der Waals surface area contributed by atoms with E-state index >= 15 is 0 Å². The van der Waals surface area contributed by atoms with E-state index in [4.69, 9.17) is 10.8 Å². The Morgan fingerprint density at radius 3 is 2.50 bits per heavy atom. The van der Waals surface area contributed by atoms with Crippen LogP contribution in [0.5, 0.6) is 0 Å². The van der Waals surface area contributed by atoms with Crippen LogP contribution in [0.2, 0.25) is 0 Å². The van der Waals surface area contributed by atoms with Crippen LogP contribution in [-0.2, 0) is 9.59 Å². The van der Waals surface area contributed by atoms with E-state index in [2.05, 4.69) is 5.10 Å². The SMILES string of the molecule is NC(=O)[C@@H]1CC(C(=O)O)=NN1c1ccc(F)cc1. The number of nitrogens with two attached hydrogens (primary N) is 1. The zero-order chi connectivity index (χ0) is 13.3.